The second kappa shape index (κ2) is 5.65. The van der Waals surface area contributed by atoms with Gasteiger partial charge in [-0.25, -0.2) is 9.97 Å². The average molecular weight is 209 g/mol. The van der Waals surface area contributed by atoms with E-state index in [1.165, 1.54) is 0 Å². The Hall–Kier alpha value is -1.03. The Kier molecular flexibility index (Phi) is 4.46. The quantitative estimate of drug-likeness (QED) is 0.459. The van der Waals surface area contributed by atoms with E-state index in [0.29, 0.717) is 6.04 Å². The van der Waals surface area contributed by atoms with Gasteiger partial charge in [-0.3, -0.25) is 0 Å². The van der Waals surface area contributed by atoms with E-state index < -0.39 is 0 Å². The highest BCUT2D eigenvalue weighted by atomic mass is 32.2. The first-order valence-corrected chi connectivity index (χ1v) is 5.72. The molecule has 0 bridgehead atoms. The van der Waals surface area contributed by atoms with Crippen LogP contribution in [0.4, 0.5) is 5.82 Å². The molecule has 0 spiro atoms. The first-order valence-electron chi connectivity index (χ1n) is 4.49. The Labute approximate surface area is 89.0 Å². The number of nitrogens with zero attached hydrogens (tertiary/aromatic N) is 2. The van der Waals surface area contributed by atoms with Crippen molar-refractivity contribution in [3.63, 3.8) is 0 Å². The molecule has 0 aliphatic heterocycles. The van der Waals surface area contributed by atoms with E-state index in [4.69, 9.17) is 0 Å². The van der Waals surface area contributed by atoms with Crippen LogP contribution in [0.25, 0.3) is 0 Å². The van der Waals surface area contributed by atoms with Crippen LogP contribution in [-0.2, 0) is 0 Å². The molecule has 1 heterocycles. The minimum atomic E-state index is 0.358. The van der Waals surface area contributed by atoms with Crippen molar-refractivity contribution in [2.24, 2.45) is 0 Å². The van der Waals surface area contributed by atoms with Crippen molar-refractivity contribution in [3.05, 3.63) is 25.0 Å². The van der Waals surface area contributed by atoms with Crippen LogP contribution in [0, 0.1) is 0 Å². The number of rotatable bonds is 5. The monoisotopic (exact) mass is 209 g/mol. The molecule has 0 aliphatic rings. The molecule has 1 N–H and O–H groups in total. The number of aromatic nitrogens is 2. The third kappa shape index (κ3) is 3.38. The Bertz CT molecular complexity index is 301. The lowest BCUT2D eigenvalue weighted by atomic mass is 10.2. The Morgan fingerprint density at radius 3 is 3.07 bits per heavy atom. The molecule has 1 atom stereocenters. The van der Waals surface area contributed by atoms with Crippen LogP contribution in [0.2, 0.25) is 0 Å². The van der Waals surface area contributed by atoms with Gasteiger partial charge in [0.1, 0.15) is 17.2 Å². The molecule has 1 aromatic rings. The Morgan fingerprint density at radius 1 is 1.64 bits per heavy atom. The minimum Gasteiger partial charge on any atom is -0.367 e. The summed E-state index contributed by atoms with van der Waals surface area (Å²) < 4.78 is 0. The number of thioether (sulfide) groups is 1. The number of hydrogen-bond acceptors (Lipinski definition) is 4. The van der Waals surface area contributed by atoms with Crippen LogP contribution >= 0.6 is 11.8 Å². The van der Waals surface area contributed by atoms with Crippen molar-refractivity contribution in [2.45, 2.75) is 24.4 Å². The molecule has 0 aliphatic carbocycles. The molecule has 3 nitrogen and oxygen atoms in total. The maximum absolute atomic E-state index is 4.14. The summed E-state index contributed by atoms with van der Waals surface area (Å²) in [5, 5.41) is 4.26. The highest BCUT2D eigenvalue weighted by Crippen LogP contribution is 2.14. The predicted molar refractivity (Wildman–Crippen MR) is 61.7 cm³/mol. The zero-order valence-corrected chi connectivity index (χ0v) is 9.34. The van der Waals surface area contributed by atoms with Crippen molar-refractivity contribution in [3.8, 4) is 0 Å². The van der Waals surface area contributed by atoms with E-state index in [0.717, 1.165) is 17.3 Å². The van der Waals surface area contributed by atoms with Gasteiger partial charge in [-0.1, -0.05) is 6.08 Å². The van der Waals surface area contributed by atoms with Crippen LogP contribution in [-0.4, -0.2) is 22.3 Å². The molecular weight excluding hydrogens is 194 g/mol. The van der Waals surface area contributed by atoms with Gasteiger partial charge in [0.15, 0.2) is 0 Å². The molecule has 4 heteroatoms. The normalized spacial score (nSPS) is 12.1. The standard InChI is InChI=1S/C10H15N3S/c1-4-5-8(2)13-9-6-10(14-3)12-7-11-9/h4,6-8H,1,5H2,2-3H3,(H,11,12,13). The molecule has 0 saturated heterocycles. The van der Waals surface area contributed by atoms with Crippen molar-refractivity contribution in [1.82, 2.24) is 9.97 Å². The summed E-state index contributed by atoms with van der Waals surface area (Å²) in [5.41, 5.74) is 0. The van der Waals surface area contributed by atoms with Gasteiger partial charge in [0.2, 0.25) is 0 Å². The summed E-state index contributed by atoms with van der Waals surface area (Å²) in [6, 6.07) is 2.31. The molecule has 0 radical (unpaired) electrons. The topological polar surface area (TPSA) is 37.8 Å². The largest absolute Gasteiger partial charge is 0.367 e. The highest BCUT2D eigenvalue weighted by Gasteiger charge is 2.01. The van der Waals surface area contributed by atoms with E-state index in [2.05, 4.69) is 28.8 Å². The molecule has 0 fully saturated rings. The van der Waals surface area contributed by atoms with Crippen LogP contribution in [0.1, 0.15) is 13.3 Å². The third-order valence-electron chi connectivity index (χ3n) is 1.77. The van der Waals surface area contributed by atoms with Gasteiger partial charge in [0, 0.05) is 12.1 Å². The van der Waals surface area contributed by atoms with Gasteiger partial charge in [0.25, 0.3) is 0 Å². The van der Waals surface area contributed by atoms with Crippen molar-refractivity contribution in [1.29, 1.82) is 0 Å². The molecule has 0 saturated carbocycles. The second-order valence-electron chi connectivity index (χ2n) is 3.02. The fourth-order valence-electron chi connectivity index (χ4n) is 1.09. The van der Waals surface area contributed by atoms with Crippen molar-refractivity contribution in [2.75, 3.05) is 11.6 Å². The lowest BCUT2D eigenvalue weighted by Gasteiger charge is -2.12. The predicted octanol–water partition coefficient (Wildman–Crippen LogP) is 2.58. The first-order chi connectivity index (χ1) is 6.76. The fraction of sp³-hybridized carbons (Fsp3) is 0.400. The molecule has 1 unspecified atom stereocenters. The van der Waals surface area contributed by atoms with Crippen LogP contribution in [0.3, 0.4) is 0 Å². The lowest BCUT2D eigenvalue weighted by Crippen LogP contribution is -2.14. The Morgan fingerprint density at radius 2 is 2.43 bits per heavy atom. The molecule has 1 rings (SSSR count). The summed E-state index contributed by atoms with van der Waals surface area (Å²) in [4.78, 5) is 8.24. The van der Waals surface area contributed by atoms with Gasteiger partial charge >= 0.3 is 0 Å². The maximum atomic E-state index is 4.14. The third-order valence-corrected chi connectivity index (χ3v) is 2.41. The van der Waals surface area contributed by atoms with Crippen molar-refractivity contribution < 1.29 is 0 Å². The fourth-order valence-corrected chi connectivity index (χ4v) is 1.47. The molecule has 0 amide bonds. The van der Waals surface area contributed by atoms with E-state index in [1.807, 2.05) is 18.4 Å². The van der Waals surface area contributed by atoms with Crippen LogP contribution in [0.15, 0.2) is 30.1 Å². The van der Waals surface area contributed by atoms with E-state index in [1.54, 1.807) is 18.1 Å². The Balaban J connectivity index is 2.61. The first kappa shape index (κ1) is 11.0. The summed E-state index contributed by atoms with van der Waals surface area (Å²) in [6.45, 7) is 5.80. The molecular formula is C10H15N3S. The summed E-state index contributed by atoms with van der Waals surface area (Å²) in [6.07, 6.45) is 6.40. The maximum Gasteiger partial charge on any atom is 0.130 e. The molecule has 14 heavy (non-hydrogen) atoms. The van der Waals surface area contributed by atoms with Crippen molar-refractivity contribution >= 4 is 17.6 Å². The summed E-state index contributed by atoms with van der Waals surface area (Å²) in [5.74, 6) is 0.874. The summed E-state index contributed by atoms with van der Waals surface area (Å²) >= 11 is 1.61. The summed E-state index contributed by atoms with van der Waals surface area (Å²) in [7, 11) is 0. The van der Waals surface area contributed by atoms with Crippen LogP contribution < -0.4 is 5.32 Å². The van der Waals surface area contributed by atoms with E-state index in [-0.39, 0.29) is 0 Å². The van der Waals surface area contributed by atoms with E-state index >= 15 is 0 Å². The van der Waals surface area contributed by atoms with Gasteiger partial charge in [-0.15, -0.1) is 18.3 Å². The van der Waals surface area contributed by atoms with Crippen LogP contribution in [0.5, 0.6) is 0 Å². The van der Waals surface area contributed by atoms with Gasteiger partial charge in [0.05, 0.1) is 0 Å². The number of nitrogens with one attached hydrogen (secondary N) is 1. The SMILES string of the molecule is C=CCC(C)Nc1cc(SC)ncn1. The van der Waals surface area contributed by atoms with Gasteiger partial charge in [-0.2, -0.15) is 0 Å². The minimum absolute atomic E-state index is 0.358. The lowest BCUT2D eigenvalue weighted by molar-refractivity contribution is 0.803. The number of hydrogen-bond donors (Lipinski definition) is 1. The number of anilines is 1. The zero-order valence-electron chi connectivity index (χ0n) is 8.53. The molecule has 1 aromatic heterocycles. The smallest absolute Gasteiger partial charge is 0.130 e. The van der Waals surface area contributed by atoms with Gasteiger partial charge in [-0.05, 0) is 19.6 Å². The van der Waals surface area contributed by atoms with E-state index in [9.17, 15) is 0 Å². The van der Waals surface area contributed by atoms with Gasteiger partial charge < -0.3 is 5.32 Å². The zero-order chi connectivity index (χ0) is 10.4. The molecule has 76 valence electrons. The second-order valence-corrected chi connectivity index (χ2v) is 3.84. The highest BCUT2D eigenvalue weighted by molar-refractivity contribution is 7.98. The molecule has 0 aromatic carbocycles. The average Bonchev–Trinajstić information content (AvgIpc) is 2.18.